The van der Waals surface area contributed by atoms with Gasteiger partial charge >= 0.3 is 0 Å². The molecule has 1 spiro atoms. The number of likely N-dealkylation sites (tertiary alicyclic amines) is 1. The van der Waals surface area contributed by atoms with Crippen molar-refractivity contribution in [2.45, 2.75) is 31.7 Å². The van der Waals surface area contributed by atoms with Crippen molar-refractivity contribution in [1.29, 1.82) is 0 Å². The topological polar surface area (TPSA) is 125 Å². The fraction of sp³-hybridized carbons (Fsp3) is 0.400. The molecule has 2 N–H and O–H groups in total. The Balaban J connectivity index is 1.36. The molecule has 3 aromatic heterocycles. The minimum Gasteiger partial charge on any atom is -0.350 e. The summed E-state index contributed by atoms with van der Waals surface area (Å²) in [7, 11) is 0. The molecule has 1 aliphatic heterocycles. The summed E-state index contributed by atoms with van der Waals surface area (Å²) in [5, 5.41) is 13.0. The van der Waals surface area contributed by atoms with Crippen LogP contribution in [-0.4, -0.2) is 60.6 Å². The van der Waals surface area contributed by atoms with Gasteiger partial charge in [0.15, 0.2) is 0 Å². The van der Waals surface area contributed by atoms with E-state index in [1.165, 1.54) is 18.7 Å². The zero-order valence-corrected chi connectivity index (χ0v) is 16.2. The average molecular weight is 407 g/mol. The van der Waals surface area contributed by atoms with Crippen molar-refractivity contribution < 1.29 is 9.59 Å². The van der Waals surface area contributed by atoms with E-state index in [0.717, 1.165) is 19.3 Å². The van der Waals surface area contributed by atoms with Gasteiger partial charge in [-0.05, 0) is 24.7 Å². The summed E-state index contributed by atoms with van der Waals surface area (Å²) in [4.78, 5) is 43.2. The summed E-state index contributed by atoms with van der Waals surface area (Å²) in [5.74, 6) is -0.477. The maximum atomic E-state index is 13.4. The highest BCUT2D eigenvalue weighted by Crippen LogP contribution is 2.50. The highest BCUT2D eigenvalue weighted by molar-refractivity contribution is 6.01. The second-order valence-corrected chi connectivity index (χ2v) is 8.15. The van der Waals surface area contributed by atoms with E-state index in [1.807, 2.05) is 4.90 Å². The lowest BCUT2D eigenvalue weighted by atomic mass is 9.67. The number of nitrogens with zero attached hydrogens (tertiary/aromatic N) is 5. The summed E-state index contributed by atoms with van der Waals surface area (Å²) in [6.45, 7) is 0.993. The van der Waals surface area contributed by atoms with Crippen LogP contribution in [0.15, 0.2) is 41.8 Å². The van der Waals surface area contributed by atoms with E-state index in [-0.39, 0.29) is 28.8 Å². The number of carbonyl (C=O) groups is 2. The van der Waals surface area contributed by atoms with Gasteiger partial charge in [-0.3, -0.25) is 19.4 Å². The Morgan fingerprint density at radius 3 is 2.90 bits per heavy atom. The second-order valence-electron chi connectivity index (χ2n) is 8.15. The lowest BCUT2D eigenvalue weighted by Gasteiger charge is -2.37. The minimum atomic E-state index is -0.435. The first kappa shape index (κ1) is 18.5. The van der Waals surface area contributed by atoms with E-state index < -0.39 is 5.56 Å². The number of fused-ring (bicyclic) bond motifs is 1. The lowest BCUT2D eigenvalue weighted by molar-refractivity contribution is 0.0688. The van der Waals surface area contributed by atoms with E-state index in [0.29, 0.717) is 24.2 Å². The summed E-state index contributed by atoms with van der Waals surface area (Å²) in [5.41, 5.74) is 1.07. The SMILES string of the molecule is O=C(NCC1CC2(CCC2)CN1C(=O)c1cnn2ccncc12)c1cn[nH]c(=O)c1. The third-order valence-corrected chi connectivity index (χ3v) is 6.27. The molecule has 1 unspecified atom stereocenters. The highest BCUT2D eigenvalue weighted by Gasteiger charge is 2.49. The number of rotatable bonds is 4. The van der Waals surface area contributed by atoms with Crippen molar-refractivity contribution >= 4 is 17.3 Å². The number of nitrogens with one attached hydrogen (secondary N) is 2. The molecule has 5 rings (SSSR count). The van der Waals surface area contributed by atoms with Gasteiger partial charge in [0.2, 0.25) is 0 Å². The van der Waals surface area contributed by atoms with Gasteiger partial charge in [0, 0.05) is 37.6 Å². The number of aromatic nitrogens is 5. The number of hydrogen-bond donors (Lipinski definition) is 2. The number of carbonyl (C=O) groups excluding carboxylic acids is 2. The lowest BCUT2D eigenvalue weighted by Crippen LogP contribution is -2.43. The third kappa shape index (κ3) is 3.14. The van der Waals surface area contributed by atoms with Gasteiger partial charge in [0.1, 0.15) is 0 Å². The fourth-order valence-corrected chi connectivity index (χ4v) is 4.59. The average Bonchev–Trinajstić information content (AvgIpc) is 3.33. The van der Waals surface area contributed by atoms with Crippen molar-refractivity contribution in [3.8, 4) is 0 Å². The molecule has 4 heterocycles. The zero-order valence-electron chi connectivity index (χ0n) is 16.2. The van der Waals surface area contributed by atoms with Crippen molar-refractivity contribution in [1.82, 2.24) is 35.0 Å². The maximum Gasteiger partial charge on any atom is 0.264 e. The monoisotopic (exact) mass is 407 g/mol. The molecule has 10 heteroatoms. The van der Waals surface area contributed by atoms with Crippen LogP contribution in [0.25, 0.3) is 5.52 Å². The number of amides is 2. The summed E-state index contributed by atoms with van der Waals surface area (Å²) in [6.07, 6.45) is 12.0. The Labute approximate surface area is 171 Å². The molecule has 10 nitrogen and oxygen atoms in total. The van der Waals surface area contributed by atoms with Crippen molar-refractivity contribution in [3.63, 3.8) is 0 Å². The molecule has 1 aliphatic carbocycles. The quantitative estimate of drug-likeness (QED) is 0.653. The number of hydrogen-bond acceptors (Lipinski definition) is 6. The van der Waals surface area contributed by atoms with Gasteiger partial charge in [0.25, 0.3) is 17.4 Å². The summed E-state index contributed by atoms with van der Waals surface area (Å²) in [6, 6.07) is 1.09. The Morgan fingerprint density at radius 1 is 1.27 bits per heavy atom. The first-order valence-electron chi connectivity index (χ1n) is 9.96. The van der Waals surface area contributed by atoms with E-state index in [9.17, 15) is 14.4 Å². The molecule has 2 aliphatic rings. The predicted octanol–water partition coefficient (Wildman–Crippen LogP) is 0.627. The van der Waals surface area contributed by atoms with Crippen LogP contribution in [0.4, 0.5) is 0 Å². The van der Waals surface area contributed by atoms with Gasteiger partial charge in [-0.2, -0.15) is 10.2 Å². The van der Waals surface area contributed by atoms with Crippen LogP contribution in [0.3, 0.4) is 0 Å². The van der Waals surface area contributed by atoms with Gasteiger partial charge in [-0.15, -0.1) is 0 Å². The largest absolute Gasteiger partial charge is 0.350 e. The summed E-state index contributed by atoms with van der Waals surface area (Å²) >= 11 is 0. The molecular formula is C20H21N7O3. The third-order valence-electron chi connectivity index (χ3n) is 6.27. The van der Waals surface area contributed by atoms with Gasteiger partial charge in [0.05, 0.1) is 35.2 Å². The molecule has 1 atom stereocenters. The Kier molecular flexibility index (Phi) is 4.34. The molecule has 3 aromatic rings. The van der Waals surface area contributed by atoms with Crippen LogP contribution >= 0.6 is 0 Å². The van der Waals surface area contributed by atoms with E-state index in [1.54, 1.807) is 29.3 Å². The van der Waals surface area contributed by atoms with Crippen LogP contribution in [0.5, 0.6) is 0 Å². The van der Waals surface area contributed by atoms with Crippen molar-refractivity contribution in [2.24, 2.45) is 5.41 Å². The van der Waals surface area contributed by atoms with E-state index in [2.05, 4.69) is 25.6 Å². The standard InChI is InChI=1S/C20H21N7O3/c28-17-6-13(8-23-25-17)18(29)22-9-14-7-20(2-1-3-20)12-26(14)19(30)15-10-24-27-5-4-21-11-16(15)27/h4-6,8,10-11,14H,1-3,7,9,12H2,(H,22,29)(H,25,28). The van der Waals surface area contributed by atoms with E-state index >= 15 is 0 Å². The predicted molar refractivity (Wildman–Crippen MR) is 106 cm³/mol. The maximum absolute atomic E-state index is 13.4. The second kappa shape index (κ2) is 7.05. The fourth-order valence-electron chi connectivity index (χ4n) is 4.59. The Bertz CT molecular complexity index is 1180. The molecule has 0 aromatic carbocycles. The Hall–Kier alpha value is -3.56. The molecule has 1 saturated carbocycles. The first-order chi connectivity index (χ1) is 14.5. The molecule has 30 heavy (non-hydrogen) atoms. The van der Waals surface area contributed by atoms with Crippen molar-refractivity contribution in [3.05, 3.63) is 58.5 Å². The molecule has 1 saturated heterocycles. The molecule has 2 amide bonds. The van der Waals surface area contributed by atoms with Crippen LogP contribution in [0.1, 0.15) is 46.4 Å². The molecular weight excluding hydrogens is 386 g/mol. The normalized spacial score (nSPS) is 19.7. The number of H-pyrrole nitrogens is 1. The van der Waals surface area contributed by atoms with Crippen LogP contribution in [0.2, 0.25) is 0 Å². The smallest absolute Gasteiger partial charge is 0.264 e. The van der Waals surface area contributed by atoms with Gasteiger partial charge in [-0.25, -0.2) is 9.61 Å². The Morgan fingerprint density at radius 2 is 2.13 bits per heavy atom. The van der Waals surface area contributed by atoms with Crippen LogP contribution in [0, 0.1) is 5.41 Å². The van der Waals surface area contributed by atoms with Gasteiger partial charge in [-0.1, -0.05) is 6.42 Å². The zero-order chi connectivity index (χ0) is 20.7. The molecule has 154 valence electrons. The molecule has 0 bridgehead atoms. The van der Waals surface area contributed by atoms with Gasteiger partial charge < -0.3 is 10.2 Å². The van der Waals surface area contributed by atoms with Crippen LogP contribution < -0.4 is 10.9 Å². The number of aromatic amines is 1. The summed E-state index contributed by atoms with van der Waals surface area (Å²) < 4.78 is 1.63. The van der Waals surface area contributed by atoms with Crippen LogP contribution in [-0.2, 0) is 0 Å². The molecule has 0 radical (unpaired) electrons. The van der Waals surface area contributed by atoms with E-state index in [4.69, 9.17) is 0 Å². The first-order valence-corrected chi connectivity index (χ1v) is 9.96. The minimum absolute atomic E-state index is 0.0983. The van der Waals surface area contributed by atoms with Crippen molar-refractivity contribution in [2.75, 3.05) is 13.1 Å². The molecule has 2 fully saturated rings. The highest BCUT2D eigenvalue weighted by atomic mass is 16.2.